The molecule has 0 aromatic heterocycles. The third-order valence-corrected chi connectivity index (χ3v) is 4.97. The van der Waals surface area contributed by atoms with Gasteiger partial charge < -0.3 is 0 Å². The van der Waals surface area contributed by atoms with E-state index in [1.807, 2.05) is 0 Å². The van der Waals surface area contributed by atoms with Crippen LogP contribution < -0.4 is 0 Å². The zero-order chi connectivity index (χ0) is 9.14. The van der Waals surface area contributed by atoms with E-state index in [9.17, 15) is 0 Å². The Morgan fingerprint density at radius 2 is 2.00 bits per heavy atom. The Kier molecular flexibility index (Phi) is 3.81. The summed E-state index contributed by atoms with van der Waals surface area (Å²) in [6, 6.07) is 0. The van der Waals surface area contributed by atoms with Gasteiger partial charge in [0.1, 0.15) is 0 Å². The molecule has 0 nitrogen and oxygen atoms in total. The molecule has 1 aliphatic carbocycles. The van der Waals surface area contributed by atoms with Gasteiger partial charge in [0.2, 0.25) is 0 Å². The van der Waals surface area contributed by atoms with E-state index in [1.165, 1.54) is 17.3 Å². The van der Waals surface area contributed by atoms with Gasteiger partial charge in [0.15, 0.2) is 0 Å². The molecule has 0 saturated heterocycles. The minimum atomic E-state index is -0.0129. The Balaban J connectivity index is 2.94. The van der Waals surface area contributed by atoms with Crippen LogP contribution in [0.1, 0.15) is 33.1 Å². The first-order valence-electron chi connectivity index (χ1n) is 4.81. The molecule has 0 saturated carbocycles. The molecule has 0 unspecified atom stereocenters. The normalized spacial score (nSPS) is 19.1. The SMILES string of the molecule is CCC1=C(CC)C([SiH2]C)=[C]([Co])C1. The maximum atomic E-state index is 4.62. The third kappa shape index (κ3) is 1.75. The van der Waals surface area contributed by atoms with Crippen LogP contribution in [0, 0.1) is 0 Å². The monoisotopic (exact) mass is 224 g/mol. The van der Waals surface area contributed by atoms with Crippen molar-refractivity contribution in [3.63, 3.8) is 0 Å². The average Bonchev–Trinajstić information content (AvgIpc) is 2.40. The Bertz CT molecular complexity index is 238. The van der Waals surface area contributed by atoms with Crippen molar-refractivity contribution in [2.24, 2.45) is 0 Å². The predicted molar refractivity (Wildman–Crippen MR) is 53.7 cm³/mol. The van der Waals surface area contributed by atoms with E-state index in [4.69, 9.17) is 0 Å². The molecule has 0 amide bonds. The molecule has 1 rings (SSSR count). The summed E-state index contributed by atoms with van der Waals surface area (Å²) in [6.07, 6.45) is 3.57. The van der Waals surface area contributed by atoms with Crippen LogP contribution in [0.15, 0.2) is 20.9 Å². The standard InChI is InChI=1S/C10H17Si.Co/c1-4-8-6-7-10(11-3)9(8)5-2;/h4-6,11H2,1-3H3;. The molecule has 1 aliphatic rings. The van der Waals surface area contributed by atoms with Crippen LogP contribution in [-0.2, 0) is 15.7 Å². The van der Waals surface area contributed by atoms with Crippen LogP contribution in [0.5, 0.6) is 0 Å². The van der Waals surface area contributed by atoms with Gasteiger partial charge in [-0.15, -0.1) is 0 Å². The van der Waals surface area contributed by atoms with E-state index >= 15 is 0 Å². The van der Waals surface area contributed by atoms with E-state index in [1.54, 1.807) is 16.3 Å². The Hall–Kier alpha value is 0.203. The van der Waals surface area contributed by atoms with Crippen LogP contribution in [0.25, 0.3) is 0 Å². The summed E-state index contributed by atoms with van der Waals surface area (Å²) in [5.74, 6) is 0. The van der Waals surface area contributed by atoms with E-state index in [0.29, 0.717) is 0 Å². The van der Waals surface area contributed by atoms with Crippen LogP contribution in [-0.4, -0.2) is 9.52 Å². The van der Waals surface area contributed by atoms with Crippen LogP contribution in [0.3, 0.4) is 0 Å². The molecule has 2 heteroatoms. The zero-order valence-corrected chi connectivity index (χ0v) is 10.6. The molecule has 0 N–H and O–H groups in total. The van der Waals surface area contributed by atoms with Crippen molar-refractivity contribution in [3.05, 3.63) is 20.9 Å². The molecule has 12 heavy (non-hydrogen) atoms. The molecular formula is C10H17CoSi. The second kappa shape index (κ2) is 4.44. The maximum absolute atomic E-state index is 4.62. The molecule has 0 fully saturated rings. The van der Waals surface area contributed by atoms with Gasteiger partial charge in [0.25, 0.3) is 0 Å². The Morgan fingerprint density at radius 3 is 2.42 bits per heavy atom. The molecule has 0 aliphatic heterocycles. The van der Waals surface area contributed by atoms with Crippen molar-refractivity contribution < 1.29 is 15.7 Å². The second-order valence-electron chi connectivity index (χ2n) is 3.18. The topological polar surface area (TPSA) is 0 Å². The quantitative estimate of drug-likeness (QED) is 0.646. The summed E-state index contributed by atoms with van der Waals surface area (Å²) in [5.41, 5.74) is 3.29. The number of hydrogen-bond donors (Lipinski definition) is 0. The van der Waals surface area contributed by atoms with Crippen molar-refractivity contribution >= 4 is 9.52 Å². The van der Waals surface area contributed by atoms with Gasteiger partial charge in [0, 0.05) is 0 Å². The first-order chi connectivity index (χ1) is 5.74. The summed E-state index contributed by atoms with van der Waals surface area (Å²) in [7, 11) is -0.0129. The molecule has 0 heterocycles. The van der Waals surface area contributed by atoms with Gasteiger partial charge in [-0.2, -0.15) is 0 Å². The number of hydrogen-bond acceptors (Lipinski definition) is 0. The van der Waals surface area contributed by atoms with Gasteiger partial charge in [-0.25, -0.2) is 0 Å². The van der Waals surface area contributed by atoms with Crippen molar-refractivity contribution in [2.45, 2.75) is 39.7 Å². The molecule has 0 bridgehead atoms. The van der Waals surface area contributed by atoms with Gasteiger partial charge in [-0.3, -0.25) is 0 Å². The predicted octanol–water partition coefficient (Wildman–Crippen LogP) is 2.48. The Morgan fingerprint density at radius 1 is 1.33 bits per heavy atom. The van der Waals surface area contributed by atoms with E-state index in [-0.39, 0.29) is 9.52 Å². The summed E-state index contributed by atoms with van der Waals surface area (Å²) in [5, 5.41) is 1.65. The second-order valence-corrected chi connectivity index (χ2v) is 5.22. The molecule has 70 valence electrons. The average molecular weight is 224 g/mol. The fourth-order valence-electron chi connectivity index (χ4n) is 1.96. The molecule has 0 radical (unpaired) electrons. The van der Waals surface area contributed by atoms with Crippen molar-refractivity contribution in [1.29, 1.82) is 0 Å². The molecular weight excluding hydrogens is 207 g/mol. The van der Waals surface area contributed by atoms with E-state index < -0.39 is 0 Å². The van der Waals surface area contributed by atoms with Crippen LogP contribution in [0.4, 0.5) is 0 Å². The zero-order valence-electron chi connectivity index (χ0n) is 8.16. The van der Waals surface area contributed by atoms with Crippen molar-refractivity contribution in [1.82, 2.24) is 0 Å². The molecule has 0 atom stereocenters. The summed E-state index contributed by atoms with van der Waals surface area (Å²) >= 11 is 4.62. The first kappa shape index (κ1) is 10.3. The molecule has 0 aromatic rings. The molecule has 0 spiro atoms. The van der Waals surface area contributed by atoms with Crippen molar-refractivity contribution in [3.8, 4) is 0 Å². The van der Waals surface area contributed by atoms with Crippen LogP contribution >= 0.6 is 0 Å². The summed E-state index contributed by atoms with van der Waals surface area (Å²) in [6.45, 7) is 6.88. The molecule has 0 aromatic carbocycles. The van der Waals surface area contributed by atoms with Crippen molar-refractivity contribution in [2.75, 3.05) is 0 Å². The van der Waals surface area contributed by atoms with Crippen LogP contribution in [0.2, 0.25) is 6.55 Å². The fraction of sp³-hybridized carbons (Fsp3) is 0.600. The fourth-order valence-corrected chi connectivity index (χ4v) is 4.31. The minimum absolute atomic E-state index is 0.0129. The summed E-state index contributed by atoms with van der Waals surface area (Å²) < 4.78 is 1.37. The summed E-state index contributed by atoms with van der Waals surface area (Å²) in [4.78, 5) is 0. The van der Waals surface area contributed by atoms with Gasteiger partial charge >= 0.3 is 85.8 Å². The third-order valence-electron chi connectivity index (χ3n) is 2.60. The first-order valence-corrected chi connectivity index (χ1v) is 7.45. The van der Waals surface area contributed by atoms with Gasteiger partial charge in [-0.05, 0) is 0 Å². The number of rotatable bonds is 3. The van der Waals surface area contributed by atoms with E-state index in [0.717, 1.165) is 6.42 Å². The number of allylic oxidation sites excluding steroid dienone is 4. The van der Waals surface area contributed by atoms with Gasteiger partial charge in [-0.1, -0.05) is 0 Å². The van der Waals surface area contributed by atoms with E-state index in [2.05, 4.69) is 36.1 Å². The Labute approximate surface area is 85.9 Å². The van der Waals surface area contributed by atoms with Gasteiger partial charge in [0.05, 0.1) is 0 Å².